The summed E-state index contributed by atoms with van der Waals surface area (Å²) in [6, 6.07) is 1.96. The number of halogens is 5. The molecule has 6 heteroatoms. The number of carbonyl (C=O) groups is 1. The Bertz CT molecular complexity index is 422. The van der Waals surface area contributed by atoms with Gasteiger partial charge in [-0.05, 0) is 6.07 Å². The number of ketones is 1. The quantitative estimate of drug-likeness (QED) is 0.581. The monoisotopic (exact) mass is 252 g/mol. The minimum Gasteiger partial charge on any atom is -0.294 e. The Morgan fingerprint density at radius 1 is 1.29 bits per heavy atom. The van der Waals surface area contributed by atoms with Crippen molar-refractivity contribution in [2.24, 2.45) is 0 Å². The van der Waals surface area contributed by atoms with Gasteiger partial charge in [-0.1, -0.05) is 19.1 Å². The Morgan fingerprint density at radius 2 is 1.88 bits per heavy atom. The van der Waals surface area contributed by atoms with Crippen LogP contribution in [-0.2, 0) is 6.18 Å². The van der Waals surface area contributed by atoms with Gasteiger partial charge in [-0.3, -0.25) is 4.79 Å². The van der Waals surface area contributed by atoms with Crippen molar-refractivity contribution in [1.82, 2.24) is 0 Å². The first-order valence-corrected chi connectivity index (χ1v) is 4.79. The first-order chi connectivity index (χ1) is 7.77. The number of rotatable bonds is 3. The summed E-state index contributed by atoms with van der Waals surface area (Å²) in [5.41, 5.74) is -2.61. The lowest BCUT2D eigenvalue weighted by atomic mass is 9.99. The summed E-state index contributed by atoms with van der Waals surface area (Å²) in [6.45, 7) is 1.41. The van der Waals surface area contributed by atoms with E-state index < -0.39 is 35.1 Å². The van der Waals surface area contributed by atoms with Crippen LogP contribution in [-0.4, -0.2) is 5.78 Å². The fraction of sp³-hybridized carbons (Fsp3) is 0.364. The molecule has 0 heterocycles. The first kappa shape index (κ1) is 13.6. The van der Waals surface area contributed by atoms with Crippen LogP contribution in [0.3, 0.4) is 0 Å². The predicted molar refractivity (Wildman–Crippen MR) is 51.0 cm³/mol. The number of carbonyl (C=O) groups excluding carboxylic acids is 1. The van der Waals surface area contributed by atoms with Gasteiger partial charge in [0.1, 0.15) is 0 Å². The molecule has 0 fully saturated rings. The Morgan fingerprint density at radius 3 is 2.29 bits per heavy atom. The van der Waals surface area contributed by atoms with Gasteiger partial charge in [-0.2, -0.15) is 13.2 Å². The average molecular weight is 252 g/mol. The van der Waals surface area contributed by atoms with E-state index in [0.29, 0.717) is 6.07 Å². The largest absolute Gasteiger partial charge is 0.417 e. The van der Waals surface area contributed by atoms with Crippen LogP contribution in [0.4, 0.5) is 22.0 Å². The Hall–Kier alpha value is -1.46. The second kappa shape index (κ2) is 4.81. The molecule has 0 amide bonds. The summed E-state index contributed by atoms with van der Waals surface area (Å²) in [6.07, 6.45) is -7.93. The van der Waals surface area contributed by atoms with E-state index in [1.54, 1.807) is 0 Å². The predicted octanol–water partition coefficient (Wildman–Crippen LogP) is 4.24. The van der Waals surface area contributed by atoms with Crippen LogP contribution in [0, 0.1) is 0 Å². The molecule has 0 aliphatic heterocycles. The number of Topliss-reactive ketones (excluding diaryl/α,β-unsaturated/α-hetero) is 1. The number of alkyl halides is 5. The van der Waals surface area contributed by atoms with Gasteiger partial charge in [0, 0.05) is 17.5 Å². The molecule has 0 unspecified atom stereocenters. The summed E-state index contributed by atoms with van der Waals surface area (Å²) >= 11 is 0. The van der Waals surface area contributed by atoms with Crippen molar-refractivity contribution in [2.75, 3.05) is 0 Å². The van der Waals surface area contributed by atoms with Crippen molar-refractivity contribution in [2.45, 2.75) is 25.9 Å². The molecule has 0 saturated heterocycles. The number of hydrogen-bond donors (Lipinski definition) is 0. The zero-order chi connectivity index (χ0) is 13.2. The van der Waals surface area contributed by atoms with Crippen molar-refractivity contribution in [3.8, 4) is 0 Å². The van der Waals surface area contributed by atoms with E-state index in [0.717, 1.165) is 12.1 Å². The summed E-state index contributed by atoms with van der Waals surface area (Å²) in [5, 5.41) is 0. The van der Waals surface area contributed by atoms with Gasteiger partial charge in [0.15, 0.2) is 5.78 Å². The lowest BCUT2D eigenvalue weighted by molar-refractivity contribution is -0.138. The average Bonchev–Trinajstić information content (AvgIpc) is 2.26. The van der Waals surface area contributed by atoms with Crippen molar-refractivity contribution in [1.29, 1.82) is 0 Å². The van der Waals surface area contributed by atoms with Gasteiger partial charge in [-0.15, -0.1) is 0 Å². The zero-order valence-corrected chi connectivity index (χ0v) is 8.81. The molecule has 0 aromatic heterocycles. The van der Waals surface area contributed by atoms with Crippen LogP contribution in [0.5, 0.6) is 0 Å². The standard InChI is InChI=1S/C11H9F5O/c1-2-9(17)7-4-3-6(10(12)13)5-8(7)11(14,15)16/h3-5,10H,2H2,1H3. The van der Waals surface area contributed by atoms with Gasteiger partial charge < -0.3 is 0 Å². The van der Waals surface area contributed by atoms with Crippen molar-refractivity contribution < 1.29 is 26.7 Å². The van der Waals surface area contributed by atoms with Crippen molar-refractivity contribution >= 4 is 5.78 Å². The van der Waals surface area contributed by atoms with E-state index >= 15 is 0 Å². The van der Waals surface area contributed by atoms with E-state index in [2.05, 4.69) is 0 Å². The van der Waals surface area contributed by atoms with Crippen LogP contribution < -0.4 is 0 Å². The van der Waals surface area contributed by atoms with Crippen molar-refractivity contribution in [3.63, 3.8) is 0 Å². The molecule has 0 bridgehead atoms. The third-order valence-corrected chi connectivity index (χ3v) is 2.22. The Balaban J connectivity index is 3.37. The van der Waals surface area contributed by atoms with Gasteiger partial charge >= 0.3 is 6.18 Å². The molecule has 1 nitrogen and oxygen atoms in total. The molecule has 0 atom stereocenters. The van der Waals surface area contributed by atoms with E-state index in [4.69, 9.17) is 0 Å². The second-order valence-electron chi connectivity index (χ2n) is 3.38. The highest BCUT2D eigenvalue weighted by Gasteiger charge is 2.35. The molecule has 1 aromatic rings. The van der Waals surface area contributed by atoms with Crippen molar-refractivity contribution in [3.05, 3.63) is 34.9 Å². The molecule has 0 N–H and O–H groups in total. The highest BCUT2D eigenvalue weighted by Crippen LogP contribution is 2.35. The maximum atomic E-state index is 12.6. The molecule has 0 aliphatic rings. The fourth-order valence-corrected chi connectivity index (χ4v) is 1.37. The summed E-state index contributed by atoms with van der Waals surface area (Å²) < 4.78 is 62.4. The maximum absolute atomic E-state index is 12.6. The van der Waals surface area contributed by atoms with Gasteiger partial charge in [0.25, 0.3) is 6.43 Å². The van der Waals surface area contributed by atoms with E-state index in [-0.39, 0.29) is 6.42 Å². The molecule has 0 saturated carbocycles. The third kappa shape index (κ3) is 3.01. The lowest BCUT2D eigenvalue weighted by Crippen LogP contribution is -2.13. The Labute approximate surface area is 94.2 Å². The van der Waals surface area contributed by atoms with Crippen LogP contribution in [0.15, 0.2) is 18.2 Å². The minimum atomic E-state index is -4.81. The minimum absolute atomic E-state index is 0.114. The normalized spacial score (nSPS) is 11.9. The number of hydrogen-bond acceptors (Lipinski definition) is 1. The summed E-state index contributed by atoms with van der Waals surface area (Å²) in [7, 11) is 0. The molecular formula is C11H9F5O. The molecule has 0 aliphatic carbocycles. The highest BCUT2D eigenvalue weighted by atomic mass is 19.4. The lowest BCUT2D eigenvalue weighted by Gasteiger charge is -2.13. The molecule has 0 radical (unpaired) electrons. The molecular weight excluding hydrogens is 243 g/mol. The third-order valence-electron chi connectivity index (χ3n) is 2.22. The van der Waals surface area contributed by atoms with Crippen LogP contribution in [0.2, 0.25) is 0 Å². The topological polar surface area (TPSA) is 17.1 Å². The maximum Gasteiger partial charge on any atom is 0.417 e. The molecule has 1 aromatic carbocycles. The zero-order valence-electron chi connectivity index (χ0n) is 8.81. The van der Waals surface area contributed by atoms with E-state index in [9.17, 15) is 26.7 Å². The van der Waals surface area contributed by atoms with Gasteiger partial charge in [-0.25, -0.2) is 8.78 Å². The van der Waals surface area contributed by atoms with Crippen LogP contribution in [0.25, 0.3) is 0 Å². The molecule has 1 rings (SSSR count). The van der Waals surface area contributed by atoms with Gasteiger partial charge in [0.2, 0.25) is 0 Å². The van der Waals surface area contributed by atoms with E-state index in [1.807, 2.05) is 0 Å². The SMILES string of the molecule is CCC(=O)c1ccc(C(F)F)cc1C(F)(F)F. The summed E-state index contributed by atoms with van der Waals surface area (Å²) in [5.74, 6) is -0.724. The Kier molecular flexibility index (Phi) is 3.85. The molecule has 94 valence electrons. The summed E-state index contributed by atoms with van der Waals surface area (Å²) in [4.78, 5) is 11.3. The molecule has 17 heavy (non-hydrogen) atoms. The first-order valence-electron chi connectivity index (χ1n) is 4.79. The smallest absolute Gasteiger partial charge is 0.294 e. The number of benzene rings is 1. The molecule has 0 spiro atoms. The van der Waals surface area contributed by atoms with E-state index in [1.165, 1.54) is 6.92 Å². The van der Waals surface area contributed by atoms with Crippen LogP contribution >= 0.6 is 0 Å². The van der Waals surface area contributed by atoms with Gasteiger partial charge in [0.05, 0.1) is 5.56 Å². The fourth-order valence-electron chi connectivity index (χ4n) is 1.37. The highest BCUT2D eigenvalue weighted by molar-refractivity contribution is 5.97. The van der Waals surface area contributed by atoms with Crippen LogP contribution in [0.1, 0.15) is 41.3 Å². The second-order valence-corrected chi connectivity index (χ2v) is 3.38.